The molecule has 5 aromatic carbocycles. The fraction of sp³-hybridized carbons (Fsp3) is 0.581. The van der Waals surface area contributed by atoms with E-state index in [0.29, 0.717) is 101 Å². The first-order valence-electron chi connectivity index (χ1n) is 52.6. The number of ether oxygens (including phenoxy) is 6. The summed E-state index contributed by atoms with van der Waals surface area (Å²) < 4.78 is 33.1. The molecule has 26 heteroatoms. The maximum atomic E-state index is 14.0. The van der Waals surface area contributed by atoms with E-state index in [9.17, 15) is 52.7 Å². The predicted molar refractivity (Wildman–Crippen MR) is 554 cm³/mol. The third-order valence-electron chi connectivity index (χ3n) is 30.7. The van der Waals surface area contributed by atoms with E-state index in [4.69, 9.17) is 34.2 Å². The van der Waals surface area contributed by atoms with Crippen LogP contribution < -0.4 is 5.73 Å². The van der Waals surface area contributed by atoms with Crippen molar-refractivity contribution in [3.8, 4) is 0 Å². The van der Waals surface area contributed by atoms with Crippen molar-refractivity contribution < 1.29 is 81.2 Å². The number of fused-ring (bicyclic) bond motifs is 8. The molecule has 17 rings (SSSR count). The first-order chi connectivity index (χ1) is 67.8. The minimum atomic E-state index is -0.632. The van der Waals surface area contributed by atoms with Crippen LogP contribution in [0.5, 0.6) is 0 Å². The van der Waals surface area contributed by atoms with Gasteiger partial charge in [-0.05, 0) is 350 Å². The number of nitrogens with zero attached hydrogens (tertiary/aromatic N) is 8. The van der Waals surface area contributed by atoms with Crippen LogP contribution in [0, 0.1) is 47.3 Å². The number of carbonyl (C=O) groups is 11. The molecule has 0 aromatic heterocycles. The van der Waals surface area contributed by atoms with Gasteiger partial charge in [-0.3, -0.25) is 24.0 Å². The Hall–Kier alpha value is -11.6. The molecule has 143 heavy (non-hydrogen) atoms. The number of primary amides is 1. The van der Waals surface area contributed by atoms with Crippen LogP contribution in [0.1, 0.15) is 275 Å². The maximum absolute atomic E-state index is 14.0. The summed E-state index contributed by atoms with van der Waals surface area (Å²) in [4.78, 5) is 157. The lowest BCUT2D eigenvalue weighted by atomic mass is 9.80. The molecule has 0 radical (unpaired) electrons. The first-order valence-corrected chi connectivity index (χ1v) is 52.6. The summed E-state index contributed by atoms with van der Waals surface area (Å²) in [6.07, 6.45) is 18.4. The van der Waals surface area contributed by atoms with Crippen LogP contribution >= 0.6 is 0 Å². The highest BCUT2D eigenvalue weighted by molar-refractivity contribution is 5.95. The smallest absolute Gasteiger partial charge is 0.410 e. The Balaban J connectivity index is 0.000000152. The lowest BCUT2D eigenvalue weighted by Gasteiger charge is -2.39. The highest BCUT2D eigenvalue weighted by Gasteiger charge is 2.48. The minimum absolute atomic E-state index is 0.0465. The zero-order valence-corrected chi connectivity index (χ0v) is 88.2. The van der Waals surface area contributed by atoms with Crippen molar-refractivity contribution in [2.75, 3.05) is 87.2 Å². The lowest BCUT2D eigenvalue weighted by Crippen LogP contribution is -2.53. The molecule has 0 spiro atoms. The Kier molecular flexibility index (Phi) is 34.6. The van der Waals surface area contributed by atoms with Gasteiger partial charge in [-0.25, -0.2) is 28.8 Å². The molecule has 12 aliphatic rings. The number of hydrogen-bond donors (Lipinski definition) is 1. The zero-order valence-electron chi connectivity index (χ0n) is 88.2. The Morgan fingerprint density at radius 1 is 0.322 bits per heavy atom. The maximum Gasteiger partial charge on any atom is 0.410 e. The molecular formula is C117H157N9O17. The topological polar surface area (TPSA) is 295 Å². The summed E-state index contributed by atoms with van der Waals surface area (Å²) >= 11 is 0. The average molecular weight is 1960 g/mol. The normalized spacial score (nSPS) is 23.7. The molecule has 772 valence electrons. The van der Waals surface area contributed by atoms with E-state index in [-0.39, 0.29) is 90.4 Å². The predicted octanol–water partition coefficient (Wildman–Crippen LogP) is 19.9. The summed E-state index contributed by atoms with van der Waals surface area (Å²) in [6, 6.07) is 41.7. The molecule has 4 aliphatic heterocycles. The third-order valence-corrected chi connectivity index (χ3v) is 30.7. The molecule has 0 bridgehead atoms. The van der Waals surface area contributed by atoms with Crippen molar-refractivity contribution >= 4 is 88.1 Å². The van der Waals surface area contributed by atoms with Crippen LogP contribution in [0.2, 0.25) is 0 Å². The van der Waals surface area contributed by atoms with E-state index in [1.807, 2.05) is 157 Å². The molecule has 4 heterocycles. The molecule has 5 aromatic rings. The fourth-order valence-electron chi connectivity index (χ4n) is 23.5. The monoisotopic (exact) mass is 1960 g/mol. The van der Waals surface area contributed by atoms with Crippen LogP contribution in [0.25, 0.3) is 22.3 Å². The summed E-state index contributed by atoms with van der Waals surface area (Å²) in [5.41, 5.74) is 25.1. The van der Waals surface area contributed by atoms with Gasteiger partial charge in [0.2, 0.25) is 29.5 Å². The van der Waals surface area contributed by atoms with Crippen molar-refractivity contribution in [2.24, 2.45) is 53.1 Å². The number of carbonyl (C=O) groups excluding carboxylic acids is 11. The Morgan fingerprint density at radius 2 is 0.566 bits per heavy atom. The molecule has 2 N–H and O–H groups in total. The van der Waals surface area contributed by atoms with Crippen molar-refractivity contribution in [1.29, 1.82) is 0 Å². The van der Waals surface area contributed by atoms with Gasteiger partial charge in [0.1, 0.15) is 47.1 Å². The van der Waals surface area contributed by atoms with Crippen molar-refractivity contribution in [2.45, 2.75) is 304 Å². The highest BCUT2D eigenvalue weighted by Crippen LogP contribution is 2.48. The summed E-state index contributed by atoms with van der Waals surface area (Å²) in [6.45, 7) is 31.7. The van der Waals surface area contributed by atoms with E-state index >= 15 is 0 Å². The quantitative estimate of drug-likeness (QED) is 0.0629. The van der Waals surface area contributed by atoms with Gasteiger partial charge in [-0.1, -0.05) is 127 Å². The van der Waals surface area contributed by atoms with Crippen LogP contribution in [0.15, 0.2) is 150 Å². The Morgan fingerprint density at radius 3 is 0.846 bits per heavy atom. The summed E-state index contributed by atoms with van der Waals surface area (Å²) in [5, 5.41) is 0. The summed E-state index contributed by atoms with van der Waals surface area (Å²) in [5.74, 6) is 0.633. The largest absolute Gasteiger partial charge is 0.464 e. The van der Waals surface area contributed by atoms with Crippen LogP contribution in [0.3, 0.4) is 0 Å². The standard InChI is InChI=1S/C34H42N2O5.C29H40N2O5.C27H37N3O4.C27H38N2O3/c1-34(2,3)41-33(39)35(4)20-23-14-16-25(17-15-23)31(37)36-21-27-18-26-12-8-9-13-28(26)29(27)19-30(36)32(38)40-22-24-10-6-5-7-11-24;1-6-35-27(33)25-16-24-22(15-21-9-7-8-10-23(21)24)18-31(25)26(32)20-13-11-19(12-14-20)17-30(5)28(34)36-29(2,3)4;1-27(2,3)34-26(33)29(4)15-17-9-11-18(12-10-17)25(32)30-16-20-13-19-7-5-6-8-21(19)22(20)14-23(30)24(28)31;1-18-14-24-22(15-21-8-6-7-9-23(21)24)17-29(18)25(30)20-12-10-19(11-13-20)16-28(5)26(31)32-27(2,3)4/h5-13,23,25,30H,14-22H2,1-4H3;7-10,19-20,25H,6,11-18H2,1-5H3;5-8,17-18,23H,9-16H2,1-4H3,(H2,28,31);6-9,18-20H,10-17H2,1-5H3/t23?,25?,30-;19?,20?,25-;17?,18?,23-;/m000./s1. The minimum Gasteiger partial charge on any atom is -0.464 e. The zero-order chi connectivity index (χ0) is 103. The van der Waals surface area contributed by atoms with Gasteiger partial charge in [-0.2, -0.15) is 0 Å². The van der Waals surface area contributed by atoms with Gasteiger partial charge in [-0.15, -0.1) is 0 Å². The first kappa shape index (κ1) is 107. The van der Waals surface area contributed by atoms with E-state index in [0.717, 1.165) is 147 Å². The van der Waals surface area contributed by atoms with E-state index in [1.54, 1.807) is 62.4 Å². The number of amides is 9. The van der Waals surface area contributed by atoms with Crippen LogP contribution in [-0.4, -0.2) is 239 Å². The van der Waals surface area contributed by atoms with Gasteiger partial charge in [0, 0.05) is 130 Å². The third kappa shape index (κ3) is 27.4. The molecule has 1 unspecified atom stereocenters. The number of hydrogen-bond acceptors (Lipinski definition) is 17. The fourth-order valence-corrected chi connectivity index (χ4v) is 23.5. The van der Waals surface area contributed by atoms with E-state index in [2.05, 4.69) is 72.5 Å². The van der Waals surface area contributed by atoms with Crippen LogP contribution in [0.4, 0.5) is 19.2 Å². The average Bonchev–Trinajstić information content (AvgIpc) is 1.65. The molecule has 26 nitrogen and oxygen atoms in total. The number of nitrogens with two attached hydrogens (primary N) is 1. The lowest BCUT2D eigenvalue weighted by molar-refractivity contribution is -0.158. The molecule has 4 saturated carbocycles. The summed E-state index contributed by atoms with van der Waals surface area (Å²) in [7, 11) is 7.12. The van der Waals surface area contributed by atoms with Gasteiger partial charge < -0.3 is 73.4 Å². The number of esters is 2. The van der Waals surface area contributed by atoms with Gasteiger partial charge >= 0.3 is 36.3 Å². The highest BCUT2D eigenvalue weighted by atomic mass is 16.6. The molecule has 0 saturated heterocycles. The van der Waals surface area contributed by atoms with E-state index in [1.165, 1.54) is 89.1 Å². The molecule has 8 aliphatic carbocycles. The SMILES string of the molecule is CC1CC2=C(Cc3ccccc32)CN1C(=O)C1CCC(CN(C)C(=O)OC(C)(C)C)CC1.CCOC(=O)[C@@H]1CC2=C(Cc3ccccc32)CN1C(=O)C1CCC(CN(C)C(=O)OC(C)(C)C)CC1.CN(CC1CCC(C(=O)N2CC3=C(C[C@H]2C(=O)OCc2ccccc2)c2ccccc2C3)CC1)C(=O)OC(C)(C)C.CN(CC1CCC(C(=O)N2CC3=C(C[C@H]2C(N)=O)c2ccccc2C3)CC1)C(=O)OC(C)(C)C. The number of benzene rings is 5. The second-order valence-corrected chi connectivity index (χ2v) is 46.3. The van der Waals surface area contributed by atoms with Crippen molar-refractivity contribution in [3.05, 3.63) is 200 Å². The number of rotatable bonds is 18. The Bertz CT molecular complexity index is 5600. The Labute approximate surface area is 847 Å². The molecular weight excluding hydrogens is 1800 g/mol. The van der Waals surface area contributed by atoms with Crippen molar-refractivity contribution in [3.63, 3.8) is 0 Å². The molecule has 9 amide bonds. The van der Waals surface area contributed by atoms with Crippen molar-refractivity contribution in [1.82, 2.24) is 39.2 Å². The second kappa shape index (κ2) is 46.2. The molecule has 4 fully saturated rings. The van der Waals surface area contributed by atoms with Gasteiger partial charge in [0.15, 0.2) is 0 Å². The van der Waals surface area contributed by atoms with E-state index < -0.39 is 46.4 Å². The second-order valence-electron chi connectivity index (χ2n) is 46.3. The van der Waals surface area contributed by atoms with Gasteiger partial charge in [0.05, 0.1) is 6.61 Å². The molecule has 4 atom stereocenters. The van der Waals surface area contributed by atoms with Gasteiger partial charge in [0.25, 0.3) is 0 Å². The van der Waals surface area contributed by atoms with Crippen LogP contribution in [-0.2, 0) is 94.3 Å².